The molecule has 0 amide bonds. The fourth-order valence-corrected chi connectivity index (χ4v) is 1.86. The lowest BCUT2D eigenvalue weighted by Gasteiger charge is -2.31. The molecule has 0 aromatic heterocycles. The summed E-state index contributed by atoms with van der Waals surface area (Å²) in [6.45, 7) is 9.24. The third-order valence-electron chi connectivity index (χ3n) is 2.52. The van der Waals surface area contributed by atoms with Crippen LogP contribution in [0.4, 0.5) is 0 Å². The highest BCUT2D eigenvalue weighted by Crippen LogP contribution is 2.24. The van der Waals surface area contributed by atoms with E-state index in [1.54, 1.807) is 5.92 Å². The second-order valence-corrected chi connectivity index (χ2v) is 3.95. The van der Waals surface area contributed by atoms with Crippen molar-refractivity contribution in [2.75, 3.05) is 0 Å². The Labute approximate surface area is 78.8 Å². The SMILES string of the molecule is CCC[C-](CC)CC(C)CCC. The van der Waals surface area contributed by atoms with Gasteiger partial charge in [0.2, 0.25) is 0 Å². The molecule has 74 valence electrons. The highest BCUT2D eigenvalue weighted by atomic mass is 14.1. The van der Waals surface area contributed by atoms with E-state index in [4.69, 9.17) is 0 Å². The minimum Gasteiger partial charge on any atom is -0.314 e. The summed E-state index contributed by atoms with van der Waals surface area (Å²) in [5.41, 5.74) is 0. The molecule has 0 aliphatic rings. The van der Waals surface area contributed by atoms with E-state index in [0.717, 1.165) is 5.92 Å². The lowest BCUT2D eigenvalue weighted by molar-refractivity contribution is 0.468. The predicted molar refractivity (Wildman–Crippen MR) is 57.1 cm³/mol. The maximum Gasteiger partial charge on any atom is -0.0534 e. The molecule has 12 heavy (non-hydrogen) atoms. The summed E-state index contributed by atoms with van der Waals surface area (Å²) in [5.74, 6) is 2.69. The standard InChI is InChI=1S/C12H25/c1-5-8-11(4)10-12(7-3)9-6-2/h11H,5-10H2,1-4H3/q-1. The van der Waals surface area contributed by atoms with Crippen LogP contribution in [0.3, 0.4) is 0 Å². The molecule has 0 fully saturated rings. The van der Waals surface area contributed by atoms with Crippen molar-refractivity contribution < 1.29 is 0 Å². The van der Waals surface area contributed by atoms with Crippen LogP contribution in [0.5, 0.6) is 0 Å². The molecule has 0 nitrogen and oxygen atoms in total. The molecule has 0 aromatic rings. The first kappa shape index (κ1) is 12.0. The molecule has 0 aromatic carbocycles. The van der Waals surface area contributed by atoms with Crippen LogP contribution in [0.1, 0.15) is 66.2 Å². The van der Waals surface area contributed by atoms with Crippen LogP contribution in [0, 0.1) is 11.8 Å². The van der Waals surface area contributed by atoms with Crippen LogP contribution in [0.2, 0.25) is 0 Å². The summed E-state index contributed by atoms with van der Waals surface area (Å²) in [5, 5.41) is 0. The summed E-state index contributed by atoms with van der Waals surface area (Å²) in [7, 11) is 0. The maximum atomic E-state index is 2.38. The Bertz CT molecular complexity index is 86.0. The topological polar surface area (TPSA) is 0 Å². The maximum absolute atomic E-state index is 2.38. The van der Waals surface area contributed by atoms with Crippen LogP contribution >= 0.6 is 0 Å². The smallest absolute Gasteiger partial charge is 0.0534 e. The van der Waals surface area contributed by atoms with Gasteiger partial charge in [0.25, 0.3) is 0 Å². The van der Waals surface area contributed by atoms with Gasteiger partial charge in [-0.1, -0.05) is 52.9 Å². The Balaban J connectivity index is 3.53. The Morgan fingerprint density at radius 3 is 2.17 bits per heavy atom. The summed E-state index contributed by atoms with van der Waals surface area (Å²) < 4.78 is 0. The zero-order valence-electron chi connectivity index (χ0n) is 9.32. The second kappa shape index (κ2) is 7.64. The van der Waals surface area contributed by atoms with Gasteiger partial charge in [-0.25, -0.2) is 0 Å². The van der Waals surface area contributed by atoms with Gasteiger partial charge in [0.1, 0.15) is 0 Å². The third kappa shape index (κ3) is 5.62. The average Bonchev–Trinajstić information content (AvgIpc) is 2.04. The molecule has 0 saturated heterocycles. The van der Waals surface area contributed by atoms with Crippen molar-refractivity contribution in [3.63, 3.8) is 0 Å². The first-order chi connectivity index (χ1) is 5.74. The molecule has 0 aliphatic heterocycles. The molecule has 0 rings (SSSR count). The minimum absolute atomic E-state index is 0.913. The molecule has 0 aliphatic carbocycles. The molecule has 0 saturated carbocycles. The van der Waals surface area contributed by atoms with Gasteiger partial charge in [-0.15, -0.1) is 0 Å². The van der Waals surface area contributed by atoms with Crippen molar-refractivity contribution in [2.24, 2.45) is 5.92 Å². The molecule has 0 bridgehead atoms. The lowest BCUT2D eigenvalue weighted by atomic mass is 9.88. The van der Waals surface area contributed by atoms with Gasteiger partial charge < -0.3 is 5.92 Å². The normalized spacial score (nSPS) is 13.8. The number of hydrogen-bond donors (Lipinski definition) is 0. The van der Waals surface area contributed by atoms with Crippen molar-refractivity contribution in [3.05, 3.63) is 5.92 Å². The molecule has 1 unspecified atom stereocenters. The summed E-state index contributed by atoms with van der Waals surface area (Å²) >= 11 is 0. The Kier molecular flexibility index (Phi) is 7.64. The quantitative estimate of drug-likeness (QED) is 0.489. The van der Waals surface area contributed by atoms with Crippen molar-refractivity contribution in [1.82, 2.24) is 0 Å². The van der Waals surface area contributed by atoms with E-state index in [1.165, 1.54) is 38.5 Å². The molecule has 0 radical (unpaired) electrons. The Hall–Kier alpha value is 0. The molecule has 0 spiro atoms. The lowest BCUT2D eigenvalue weighted by Crippen LogP contribution is -2.03. The van der Waals surface area contributed by atoms with E-state index < -0.39 is 0 Å². The Morgan fingerprint density at radius 1 is 1.08 bits per heavy atom. The van der Waals surface area contributed by atoms with Gasteiger partial charge in [0.05, 0.1) is 0 Å². The highest BCUT2D eigenvalue weighted by Gasteiger charge is 1.99. The third-order valence-corrected chi connectivity index (χ3v) is 2.52. The molecular weight excluding hydrogens is 144 g/mol. The van der Waals surface area contributed by atoms with Gasteiger partial charge in [0.15, 0.2) is 0 Å². The zero-order valence-corrected chi connectivity index (χ0v) is 9.32. The van der Waals surface area contributed by atoms with Crippen LogP contribution in [-0.4, -0.2) is 0 Å². The number of rotatable bonds is 7. The summed E-state index contributed by atoms with van der Waals surface area (Å²) in [6, 6.07) is 0. The van der Waals surface area contributed by atoms with Crippen molar-refractivity contribution >= 4 is 0 Å². The largest absolute Gasteiger partial charge is 0.314 e. The highest BCUT2D eigenvalue weighted by molar-refractivity contribution is 4.88. The number of hydrogen-bond acceptors (Lipinski definition) is 0. The molecule has 0 heterocycles. The second-order valence-electron chi connectivity index (χ2n) is 3.95. The van der Waals surface area contributed by atoms with E-state index in [2.05, 4.69) is 27.7 Å². The molecule has 0 N–H and O–H groups in total. The van der Waals surface area contributed by atoms with E-state index in [9.17, 15) is 0 Å². The van der Waals surface area contributed by atoms with Crippen LogP contribution in [0.25, 0.3) is 0 Å². The van der Waals surface area contributed by atoms with Gasteiger partial charge >= 0.3 is 0 Å². The fraction of sp³-hybridized carbons (Fsp3) is 0.917. The van der Waals surface area contributed by atoms with E-state index in [-0.39, 0.29) is 0 Å². The molecular formula is C12H25-. The first-order valence-electron chi connectivity index (χ1n) is 5.58. The minimum atomic E-state index is 0.913. The van der Waals surface area contributed by atoms with Gasteiger partial charge in [-0.2, -0.15) is 19.3 Å². The zero-order chi connectivity index (χ0) is 9.40. The van der Waals surface area contributed by atoms with Gasteiger partial charge in [0, 0.05) is 0 Å². The van der Waals surface area contributed by atoms with Crippen LogP contribution in [-0.2, 0) is 0 Å². The van der Waals surface area contributed by atoms with Crippen molar-refractivity contribution in [3.8, 4) is 0 Å². The molecule has 1 atom stereocenters. The predicted octanol–water partition coefficient (Wildman–Crippen LogP) is 4.60. The van der Waals surface area contributed by atoms with Crippen molar-refractivity contribution in [1.29, 1.82) is 0 Å². The monoisotopic (exact) mass is 169 g/mol. The van der Waals surface area contributed by atoms with Gasteiger partial charge in [-0.05, 0) is 0 Å². The van der Waals surface area contributed by atoms with E-state index in [1.807, 2.05) is 0 Å². The Morgan fingerprint density at radius 2 is 1.75 bits per heavy atom. The van der Waals surface area contributed by atoms with E-state index >= 15 is 0 Å². The fourth-order valence-electron chi connectivity index (χ4n) is 1.86. The molecule has 0 heteroatoms. The summed E-state index contributed by atoms with van der Waals surface area (Å²) in [4.78, 5) is 0. The van der Waals surface area contributed by atoms with Crippen LogP contribution in [0.15, 0.2) is 0 Å². The summed E-state index contributed by atoms with van der Waals surface area (Å²) in [6.07, 6.45) is 8.07. The van der Waals surface area contributed by atoms with Crippen molar-refractivity contribution in [2.45, 2.75) is 66.2 Å². The first-order valence-corrected chi connectivity index (χ1v) is 5.58. The van der Waals surface area contributed by atoms with Crippen LogP contribution < -0.4 is 0 Å². The van der Waals surface area contributed by atoms with E-state index in [0.29, 0.717) is 0 Å². The average molecular weight is 169 g/mol. The van der Waals surface area contributed by atoms with Gasteiger partial charge in [-0.3, -0.25) is 0 Å².